The largest absolute Gasteiger partial charge is 0.389 e. The quantitative estimate of drug-likeness (QED) is 0.633. The molecule has 1 atom stereocenters. The maximum absolute atomic E-state index is 13.8. The fourth-order valence-corrected chi connectivity index (χ4v) is 2.21. The van der Waals surface area contributed by atoms with E-state index in [1.807, 2.05) is 18.7 Å². The molecule has 0 radical (unpaired) electrons. The van der Waals surface area contributed by atoms with Gasteiger partial charge in [0, 0.05) is 45.0 Å². The Morgan fingerprint density at radius 2 is 2.00 bits per heavy atom. The summed E-state index contributed by atoms with van der Waals surface area (Å²) in [5, 5.41) is 10.1. The molecule has 0 heterocycles. The average Bonchev–Trinajstić information content (AvgIpc) is 2.48. The first-order valence-electron chi connectivity index (χ1n) is 7.87. The maximum atomic E-state index is 13.8. The number of aliphatic hydroxyl groups is 1. The van der Waals surface area contributed by atoms with Crippen LogP contribution < -0.4 is 0 Å². The van der Waals surface area contributed by atoms with Gasteiger partial charge < -0.3 is 14.6 Å². The second-order valence-corrected chi connectivity index (χ2v) is 5.85. The summed E-state index contributed by atoms with van der Waals surface area (Å²) in [5.41, 5.74) is 0.404. The van der Waals surface area contributed by atoms with E-state index < -0.39 is 17.7 Å². The zero-order chi connectivity index (χ0) is 17.2. The van der Waals surface area contributed by atoms with E-state index in [2.05, 4.69) is 0 Å². The lowest BCUT2D eigenvalue weighted by Crippen LogP contribution is -2.36. The van der Waals surface area contributed by atoms with Crippen LogP contribution in [0.1, 0.15) is 25.8 Å². The predicted molar refractivity (Wildman–Crippen MR) is 85.2 cm³/mol. The van der Waals surface area contributed by atoms with Crippen molar-refractivity contribution in [2.45, 2.75) is 39.0 Å². The number of ether oxygens (including phenoxy) is 2. The van der Waals surface area contributed by atoms with Crippen LogP contribution in [-0.4, -0.2) is 55.6 Å². The van der Waals surface area contributed by atoms with Gasteiger partial charge in [0.05, 0.1) is 18.8 Å². The summed E-state index contributed by atoms with van der Waals surface area (Å²) in [4.78, 5) is 1.92. The fourth-order valence-electron chi connectivity index (χ4n) is 2.21. The molecule has 1 aromatic carbocycles. The van der Waals surface area contributed by atoms with Crippen LogP contribution in [0.25, 0.3) is 0 Å². The van der Waals surface area contributed by atoms with E-state index in [0.717, 1.165) is 12.5 Å². The highest BCUT2D eigenvalue weighted by Gasteiger charge is 2.15. The molecule has 0 aliphatic heterocycles. The summed E-state index contributed by atoms with van der Waals surface area (Å²) in [6, 6.07) is 3.55. The molecule has 0 aromatic heterocycles. The summed E-state index contributed by atoms with van der Waals surface area (Å²) < 4.78 is 37.2. The number of hydrogen-bond acceptors (Lipinski definition) is 4. The first kappa shape index (κ1) is 20.0. The topological polar surface area (TPSA) is 41.9 Å². The summed E-state index contributed by atoms with van der Waals surface area (Å²) in [6.45, 7) is 5.91. The van der Waals surface area contributed by atoms with Crippen molar-refractivity contribution < 1.29 is 23.4 Å². The summed E-state index contributed by atoms with van der Waals surface area (Å²) in [7, 11) is 1.62. The molecule has 23 heavy (non-hydrogen) atoms. The third-order valence-corrected chi connectivity index (χ3v) is 3.32. The average molecular weight is 331 g/mol. The molecule has 0 amide bonds. The Kier molecular flexibility index (Phi) is 9.24. The second-order valence-electron chi connectivity index (χ2n) is 5.85. The minimum absolute atomic E-state index is 0.0427. The minimum Gasteiger partial charge on any atom is -0.389 e. The van der Waals surface area contributed by atoms with Crippen LogP contribution in [0.3, 0.4) is 0 Å². The smallest absolute Gasteiger partial charge is 0.130 e. The lowest BCUT2D eigenvalue weighted by molar-refractivity contribution is -0.0104. The van der Waals surface area contributed by atoms with E-state index in [0.29, 0.717) is 31.8 Å². The Bertz CT molecular complexity index is 457. The van der Waals surface area contributed by atoms with E-state index in [1.165, 1.54) is 12.1 Å². The molecule has 0 fully saturated rings. The van der Waals surface area contributed by atoms with Crippen molar-refractivity contribution in [1.82, 2.24) is 4.90 Å². The number of halogens is 2. The van der Waals surface area contributed by atoms with E-state index in [9.17, 15) is 13.9 Å². The first-order chi connectivity index (χ1) is 10.9. The van der Waals surface area contributed by atoms with Crippen LogP contribution >= 0.6 is 0 Å². The van der Waals surface area contributed by atoms with Crippen LogP contribution in [0, 0.1) is 11.6 Å². The maximum Gasteiger partial charge on any atom is 0.130 e. The number of benzene rings is 1. The van der Waals surface area contributed by atoms with Gasteiger partial charge in [-0.3, -0.25) is 4.90 Å². The predicted octanol–water partition coefficient (Wildman–Crippen LogP) is 2.59. The Hall–Kier alpha value is -1.08. The van der Waals surface area contributed by atoms with Crippen molar-refractivity contribution in [2.75, 3.05) is 33.4 Å². The Labute approximate surface area is 137 Å². The Morgan fingerprint density at radius 1 is 1.26 bits per heavy atom. The van der Waals surface area contributed by atoms with Crippen molar-refractivity contribution in [1.29, 1.82) is 0 Å². The monoisotopic (exact) mass is 331 g/mol. The van der Waals surface area contributed by atoms with Gasteiger partial charge in [-0.05, 0) is 26.3 Å². The van der Waals surface area contributed by atoms with Crippen molar-refractivity contribution in [3.63, 3.8) is 0 Å². The van der Waals surface area contributed by atoms with Gasteiger partial charge in [-0.2, -0.15) is 0 Å². The molecule has 0 aliphatic carbocycles. The van der Waals surface area contributed by atoms with E-state index in [1.54, 1.807) is 7.11 Å². The van der Waals surface area contributed by atoms with Crippen LogP contribution in [0.15, 0.2) is 18.2 Å². The second kappa shape index (κ2) is 10.6. The van der Waals surface area contributed by atoms with Crippen molar-refractivity contribution in [2.24, 2.45) is 0 Å². The summed E-state index contributed by atoms with van der Waals surface area (Å²) in [5.74, 6) is -1.17. The standard InChI is InChI=1S/C17H27F2NO3/c1-13(2)23-12-16(21)11-20(7-4-8-22-3)10-14-5-6-15(18)9-17(14)19/h5-6,9,13,16,21H,4,7-8,10-12H2,1-3H3. The molecule has 0 saturated heterocycles. The number of methoxy groups -OCH3 is 1. The molecular weight excluding hydrogens is 304 g/mol. The molecule has 0 saturated carbocycles. The van der Waals surface area contributed by atoms with Crippen LogP contribution in [0.4, 0.5) is 8.78 Å². The van der Waals surface area contributed by atoms with Gasteiger partial charge in [0.15, 0.2) is 0 Å². The SMILES string of the molecule is COCCCN(Cc1ccc(F)cc1F)CC(O)COC(C)C. The molecule has 0 bridgehead atoms. The third kappa shape index (κ3) is 8.37. The Morgan fingerprint density at radius 3 is 2.61 bits per heavy atom. The normalized spacial score (nSPS) is 13.0. The zero-order valence-electron chi connectivity index (χ0n) is 14.1. The number of rotatable bonds is 11. The number of nitrogens with zero attached hydrogens (tertiary/aromatic N) is 1. The van der Waals surface area contributed by atoms with Crippen molar-refractivity contribution in [3.8, 4) is 0 Å². The lowest BCUT2D eigenvalue weighted by Gasteiger charge is -2.25. The third-order valence-electron chi connectivity index (χ3n) is 3.32. The van der Waals surface area contributed by atoms with Gasteiger partial charge in [-0.25, -0.2) is 8.78 Å². The molecule has 4 nitrogen and oxygen atoms in total. The van der Waals surface area contributed by atoms with Gasteiger partial charge in [-0.1, -0.05) is 6.07 Å². The van der Waals surface area contributed by atoms with Gasteiger partial charge in [0.2, 0.25) is 0 Å². The fraction of sp³-hybridized carbons (Fsp3) is 0.647. The summed E-state index contributed by atoms with van der Waals surface area (Å²) >= 11 is 0. The van der Waals surface area contributed by atoms with Crippen LogP contribution in [0.2, 0.25) is 0 Å². The lowest BCUT2D eigenvalue weighted by atomic mass is 10.1. The molecular formula is C17H27F2NO3. The molecule has 132 valence electrons. The first-order valence-corrected chi connectivity index (χ1v) is 7.87. The highest BCUT2D eigenvalue weighted by atomic mass is 19.1. The highest BCUT2D eigenvalue weighted by molar-refractivity contribution is 5.18. The molecule has 0 spiro atoms. The van der Waals surface area contributed by atoms with Crippen molar-refractivity contribution in [3.05, 3.63) is 35.4 Å². The highest BCUT2D eigenvalue weighted by Crippen LogP contribution is 2.13. The van der Waals surface area contributed by atoms with Crippen LogP contribution in [0.5, 0.6) is 0 Å². The van der Waals surface area contributed by atoms with Crippen LogP contribution in [-0.2, 0) is 16.0 Å². The summed E-state index contributed by atoms with van der Waals surface area (Å²) in [6.07, 6.45) is 0.140. The van der Waals surface area contributed by atoms with E-state index in [4.69, 9.17) is 9.47 Å². The molecule has 1 rings (SSSR count). The molecule has 1 N–H and O–H groups in total. The molecule has 6 heteroatoms. The molecule has 0 aliphatic rings. The number of aliphatic hydroxyl groups excluding tert-OH is 1. The van der Waals surface area contributed by atoms with Gasteiger partial charge in [0.1, 0.15) is 11.6 Å². The molecule has 1 aromatic rings. The van der Waals surface area contributed by atoms with Gasteiger partial charge in [0.25, 0.3) is 0 Å². The van der Waals surface area contributed by atoms with E-state index >= 15 is 0 Å². The van der Waals surface area contributed by atoms with Gasteiger partial charge in [-0.15, -0.1) is 0 Å². The van der Waals surface area contributed by atoms with Crippen molar-refractivity contribution >= 4 is 0 Å². The zero-order valence-corrected chi connectivity index (χ0v) is 14.1. The van der Waals surface area contributed by atoms with E-state index in [-0.39, 0.29) is 12.7 Å². The minimum atomic E-state index is -0.663. The number of hydrogen-bond donors (Lipinski definition) is 1. The van der Waals surface area contributed by atoms with Gasteiger partial charge >= 0.3 is 0 Å². The Balaban J connectivity index is 2.63. The molecule has 1 unspecified atom stereocenters.